The summed E-state index contributed by atoms with van der Waals surface area (Å²) < 4.78 is 6.70. The molecule has 0 unspecified atom stereocenters. The molecule has 3 aromatic heterocycles. The molecule has 108 valence electrons. The normalized spacial score (nSPS) is 10.8. The Morgan fingerprint density at radius 3 is 2.86 bits per heavy atom. The molecule has 0 bridgehead atoms. The summed E-state index contributed by atoms with van der Waals surface area (Å²) in [4.78, 5) is 18.2. The highest BCUT2D eigenvalue weighted by molar-refractivity contribution is 6.28. The van der Waals surface area contributed by atoms with Gasteiger partial charge >= 0.3 is 0 Å². The second kappa shape index (κ2) is 5.49. The maximum atomic E-state index is 5.96. The minimum Gasteiger partial charge on any atom is -0.469 e. The van der Waals surface area contributed by atoms with E-state index < -0.39 is 0 Å². The lowest BCUT2D eigenvalue weighted by molar-refractivity contribution is 0.529. The molecule has 3 heterocycles. The summed E-state index contributed by atoms with van der Waals surface area (Å²) >= 11 is 5.96. The maximum absolute atomic E-state index is 5.96. The van der Waals surface area contributed by atoms with Gasteiger partial charge < -0.3 is 9.32 Å². The van der Waals surface area contributed by atoms with Crippen molar-refractivity contribution in [3.8, 4) is 5.95 Å². The fourth-order valence-electron chi connectivity index (χ4n) is 1.82. The van der Waals surface area contributed by atoms with Crippen molar-refractivity contribution in [1.82, 2.24) is 29.7 Å². The number of hydrogen-bond acceptors (Lipinski definition) is 7. The second-order valence-electron chi connectivity index (χ2n) is 4.40. The van der Waals surface area contributed by atoms with Gasteiger partial charge in [-0.2, -0.15) is 24.7 Å². The van der Waals surface area contributed by atoms with Crippen molar-refractivity contribution >= 4 is 17.5 Å². The highest BCUT2D eigenvalue weighted by Gasteiger charge is 2.13. The highest BCUT2D eigenvalue weighted by atomic mass is 35.5. The van der Waals surface area contributed by atoms with E-state index in [1.54, 1.807) is 6.26 Å². The summed E-state index contributed by atoms with van der Waals surface area (Å²) in [6.07, 6.45) is 4.55. The Morgan fingerprint density at radius 1 is 1.33 bits per heavy atom. The van der Waals surface area contributed by atoms with Gasteiger partial charge in [-0.1, -0.05) is 0 Å². The van der Waals surface area contributed by atoms with Crippen LogP contribution < -0.4 is 4.90 Å². The molecule has 0 aliphatic carbocycles. The molecule has 3 rings (SSSR count). The largest absolute Gasteiger partial charge is 0.469 e. The summed E-state index contributed by atoms with van der Waals surface area (Å²) in [7, 11) is 1.86. The maximum Gasteiger partial charge on any atom is 0.258 e. The van der Waals surface area contributed by atoms with Crippen LogP contribution in [0.2, 0.25) is 5.28 Å². The summed E-state index contributed by atoms with van der Waals surface area (Å²) in [6.45, 7) is 2.50. The van der Waals surface area contributed by atoms with Crippen molar-refractivity contribution in [1.29, 1.82) is 0 Å². The van der Waals surface area contributed by atoms with E-state index in [2.05, 4.69) is 25.0 Å². The third-order valence-electron chi connectivity index (χ3n) is 2.92. The van der Waals surface area contributed by atoms with Gasteiger partial charge in [-0.3, -0.25) is 0 Å². The number of hydrogen-bond donors (Lipinski definition) is 0. The minimum absolute atomic E-state index is 0.0984. The van der Waals surface area contributed by atoms with E-state index in [9.17, 15) is 0 Å². The first-order chi connectivity index (χ1) is 10.1. The quantitative estimate of drug-likeness (QED) is 0.724. The average Bonchev–Trinajstić information content (AvgIpc) is 3.11. The van der Waals surface area contributed by atoms with E-state index in [1.807, 2.05) is 24.9 Å². The average molecular weight is 306 g/mol. The number of aromatic nitrogens is 6. The van der Waals surface area contributed by atoms with Crippen molar-refractivity contribution in [2.24, 2.45) is 0 Å². The van der Waals surface area contributed by atoms with Crippen LogP contribution in [0.3, 0.4) is 0 Å². The Kier molecular flexibility index (Phi) is 3.53. The van der Waals surface area contributed by atoms with Gasteiger partial charge in [-0.25, -0.2) is 4.98 Å². The first kappa shape index (κ1) is 13.5. The molecule has 0 aliphatic heterocycles. The molecule has 0 fully saturated rings. The molecule has 3 aromatic rings. The van der Waals surface area contributed by atoms with Crippen LogP contribution in [0.4, 0.5) is 5.95 Å². The Bertz CT molecular complexity index is 740. The van der Waals surface area contributed by atoms with E-state index >= 15 is 0 Å². The van der Waals surface area contributed by atoms with Crippen molar-refractivity contribution in [2.45, 2.75) is 13.5 Å². The van der Waals surface area contributed by atoms with Gasteiger partial charge in [-0.05, 0) is 24.6 Å². The monoisotopic (exact) mass is 305 g/mol. The van der Waals surface area contributed by atoms with Gasteiger partial charge in [0, 0.05) is 19.2 Å². The van der Waals surface area contributed by atoms with Gasteiger partial charge in [0.1, 0.15) is 18.4 Å². The van der Waals surface area contributed by atoms with Crippen molar-refractivity contribution < 1.29 is 4.42 Å². The molecule has 0 aliphatic rings. The Morgan fingerprint density at radius 2 is 2.19 bits per heavy atom. The molecule has 0 spiro atoms. The molecule has 8 nitrogen and oxygen atoms in total. The number of nitrogens with zero attached hydrogens (tertiary/aromatic N) is 7. The van der Waals surface area contributed by atoms with Crippen LogP contribution in [-0.2, 0) is 6.54 Å². The molecule has 0 amide bonds. The van der Waals surface area contributed by atoms with E-state index in [4.69, 9.17) is 16.0 Å². The van der Waals surface area contributed by atoms with Crippen molar-refractivity contribution in [3.63, 3.8) is 0 Å². The van der Waals surface area contributed by atoms with Crippen LogP contribution in [0.15, 0.2) is 29.4 Å². The van der Waals surface area contributed by atoms with Crippen LogP contribution in [0.25, 0.3) is 5.95 Å². The Balaban J connectivity index is 1.89. The standard InChI is InChI=1S/C12H12ClN7O/c1-8-9(3-4-21-8)5-19(2)11-16-10(13)17-12(18-11)20-7-14-6-15-20/h3-4,6-7H,5H2,1-2H3. The summed E-state index contributed by atoms with van der Waals surface area (Å²) in [5, 5.41) is 4.08. The van der Waals surface area contributed by atoms with Gasteiger partial charge in [0.25, 0.3) is 5.95 Å². The van der Waals surface area contributed by atoms with E-state index in [1.165, 1.54) is 17.3 Å². The van der Waals surface area contributed by atoms with Crippen LogP contribution >= 0.6 is 11.6 Å². The smallest absolute Gasteiger partial charge is 0.258 e. The number of rotatable bonds is 4. The number of anilines is 1. The van der Waals surface area contributed by atoms with E-state index in [0.29, 0.717) is 18.4 Å². The van der Waals surface area contributed by atoms with Crippen molar-refractivity contribution in [3.05, 3.63) is 41.6 Å². The molecule has 0 saturated carbocycles. The fraction of sp³-hybridized carbons (Fsp3) is 0.250. The molecule has 0 atom stereocenters. The Labute approximate surface area is 125 Å². The zero-order valence-corrected chi connectivity index (χ0v) is 12.2. The molecular weight excluding hydrogens is 294 g/mol. The summed E-state index contributed by atoms with van der Waals surface area (Å²) in [5.41, 5.74) is 1.05. The van der Waals surface area contributed by atoms with Gasteiger partial charge in [-0.15, -0.1) is 0 Å². The van der Waals surface area contributed by atoms with E-state index in [-0.39, 0.29) is 5.28 Å². The zero-order chi connectivity index (χ0) is 14.8. The molecular formula is C12H12ClN7O. The molecule has 9 heteroatoms. The third kappa shape index (κ3) is 2.84. The molecule has 0 aromatic carbocycles. The topological polar surface area (TPSA) is 85.8 Å². The summed E-state index contributed by atoms with van der Waals surface area (Å²) in [5.74, 6) is 1.62. The van der Waals surface area contributed by atoms with Gasteiger partial charge in [0.05, 0.1) is 6.26 Å². The molecule has 21 heavy (non-hydrogen) atoms. The van der Waals surface area contributed by atoms with Gasteiger partial charge in [0.15, 0.2) is 0 Å². The lowest BCUT2D eigenvalue weighted by Gasteiger charge is -2.16. The predicted molar refractivity (Wildman–Crippen MR) is 75.3 cm³/mol. The first-order valence-corrected chi connectivity index (χ1v) is 6.52. The SMILES string of the molecule is Cc1occc1CN(C)c1nc(Cl)nc(-n2cncn2)n1. The second-order valence-corrected chi connectivity index (χ2v) is 4.74. The van der Waals surface area contributed by atoms with E-state index in [0.717, 1.165) is 11.3 Å². The molecule has 0 N–H and O–H groups in total. The lowest BCUT2D eigenvalue weighted by Crippen LogP contribution is -2.20. The van der Waals surface area contributed by atoms with Crippen LogP contribution in [0.5, 0.6) is 0 Å². The summed E-state index contributed by atoms with van der Waals surface area (Å²) in [6, 6.07) is 1.91. The molecule has 0 saturated heterocycles. The highest BCUT2D eigenvalue weighted by Crippen LogP contribution is 2.16. The van der Waals surface area contributed by atoms with Crippen LogP contribution in [0.1, 0.15) is 11.3 Å². The third-order valence-corrected chi connectivity index (χ3v) is 3.09. The van der Waals surface area contributed by atoms with Crippen molar-refractivity contribution in [2.75, 3.05) is 11.9 Å². The predicted octanol–water partition coefficient (Wildman–Crippen LogP) is 1.64. The zero-order valence-electron chi connectivity index (χ0n) is 11.4. The first-order valence-electron chi connectivity index (χ1n) is 6.14. The molecule has 0 radical (unpaired) electrons. The van der Waals surface area contributed by atoms with Crippen LogP contribution in [-0.4, -0.2) is 36.8 Å². The lowest BCUT2D eigenvalue weighted by atomic mass is 10.2. The number of aryl methyl sites for hydroxylation is 1. The number of halogens is 1. The number of furan rings is 1. The fourth-order valence-corrected chi connectivity index (χ4v) is 1.97. The Hall–Kier alpha value is -2.48. The van der Waals surface area contributed by atoms with Crippen LogP contribution in [0, 0.1) is 6.92 Å². The minimum atomic E-state index is 0.0984. The van der Waals surface area contributed by atoms with Gasteiger partial charge in [0.2, 0.25) is 11.2 Å².